The van der Waals surface area contributed by atoms with Gasteiger partial charge in [-0.15, -0.1) is 0 Å². The molecule has 5 rings (SSSR count). The van der Waals surface area contributed by atoms with Gasteiger partial charge in [0.05, 0.1) is 5.57 Å². The van der Waals surface area contributed by atoms with E-state index in [9.17, 15) is 18.4 Å². The summed E-state index contributed by atoms with van der Waals surface area (Å²) in [5, 5.41) is 0. The fourth-order valence-electron chi connectivity index (χ4n) is 4.52. The number of amides is 2. The second-order valence-corrected chi connectivity index (χ2v) is 8.31. The zero-order chi connectivity index (χ0) is 22.9. The van der Waals surface area contributed by atoms with E-state index in [-0.39, 0.29) is 24.2 Å². The van der Waals surface area contributed by atoms with Crippen molar-refractivity contribution in [2.24, 2.45) is 0 Å². The molecule has 0 saturated heterocycles. The summed E-state index contributed by atoms with van der Waals surface area (Å²) >= 11 is 0. The molecule has 0 aromatic heterocycles. The summed E-state index contributed by atoms with van der Waals surface area (Å²) in [6.45, 7) is 1.32. The van der Waals surface area contributed by atoms with Crippen LogP contribution in [0.15, 0.2) is 78.5 Å². The van der Waals surface area contributed by atoms with E-state index in [4.69, 9.17) is 0 Å². The number of carbonyl (C=O) groups excluding carboxylic acids is 2. The van der Waals surface area contributed by atoms with Crippen molar-refractivity contribution in [3.05, 3.63) is 112 Å². The standard InChI is InChI=1S/C27H22F2N2O2/c28-22-9-5-18(6-10-22)13-16-31-26(32)24(20-7-11-23(29)12-8-20)25(27(31)33)30-15-14-19-3-1-2-4-21(19)17-30/h1-12H,13-17H2. The number of fused-ring (bicyclic) bond motifs is 1. The third-order valence-corrected chi connectivity index (χ3v) is 6.26. The van der Waals surface area contributed by atoms with Crippen LogP contribution in [0.25, 0.3) is 5.57 Å². The minimum absolute atomic E-state index is 0.182. The lowest BCUT2D eigenvalue weighted by molar-refractivity contribution is -0.137. The van der Waals surface area contributed by atoms with Crippen LogP contribution < -0.4 is 0 Å². The average Bonchev–Trinajstić information content (AvgIpc) is 3.08. The van der Waals surface area contributed by atoms with Gasteiger partial charge in [0.15, 0.2) is 0 Å². The largest absolute Gasteiger partial charge is 0.362 e. The maximum atomic E-state index is 13.6. The third kappa shape index (κ3) is 4.04. The molecule has 2 amide bonds. The van der Waals surface area contributed by atoms with Gasteiger partial charge in [-0.05, 0) is 59.4 Å². The first-order chi connectivity index (χ1) is 16.0. The molecule has 2 aliphatic rings. The molecule has 2 aliphatic heterocycles. The van der Waals surface area contributed by atoms with E-state index in [1.165, 1.54) is 46.9 Å². The van der Waals surface area contributed by atoms with Crippen LogP contribution >= 0.6 is 0 Å². The molecule has 2 heterocycles. The second kappa shape index (κ2) is 8.62. The van der Waals surface area contributed by atoms with Crippen LogP contribution in [0.3, 0.4) is 0 Å². The smallest absolute Gasteiger partial charge is 0.277 e. The Morgan fingerprint density at radius 1 is 0.758 bits per heavy atom. The predicted molar refractivity (Wildman–Crippen MR) is 121 cm³/mol. The molecule has 0 unspecified atom stereocenters. The lowest BCUT2D eigenvalue weighted by atomic mass is 9.98. The van der Waals surface area contributed by atoms with Gasteiger partial charge < -0.3 is 4.90 Å². The normalized spacial score (nSPS) is 15.9. The molecule has 3 aromatic rings. The molecule has 6 heteroatoms. The van der Waals surface area contributed by atoms with Crippen LogP contribution in [-0.4, -0.2) is 34.7 Å². The van der Waals surface area contributed by atoms with Crippen LogP contribution in [-0.2, 0) is 29.0 Å². The molecule has 0 radical (unpaired) electrons. The first-order valence-corrected chi connectivity index (χ1v) is 10.9. The van der Waals surface area contributed by atoms with Gasteiger partial charge in [-0.1, -0.05) is 48.5 Å². The van der Waals surface area contributed by atoms with E-state index >= 15 is 0 Å². The first kappa shape index (κ1) is 21.1. The number of carbonyl (C=O) groups is 2. The van der Waals surface area contributed by atoms with Gasteiger partial charge in [0, 0.05) is 19.6 Å². The van der Waals surface area contributed by atoms with Crippen molar-refractivity contribution in [1.82, 2.24) is 9.80 Å². The van der Waals surface area contributed by atoms with E-state index in [2.05, 4.69) is 6.07 Å². The molecule has 0 N–H and O–H groups in total. The van der Waals surface area contributed by atoms with Crippen LogP contribution in [0.1, 0.15) is 22.3 Å². The highest BCUT2D eigenvalue weighted by molar-refractivity contribution is 6.35. The first-order valence-electron chi connectivity index (χ1n) is 10.9. The summed E-state index contributed by atoms with van der Waals surface area (Å²) in [4.78, 5) is 30.2. The SMILES string of the molecule is O=C1C(c2ccc(F)cc2)=C(N2CCc3ccccc3C2)C(=O)N1CCc1ccc(F)cc1. The van der Waals surface area contributed by atoms with Gasteiger partial charge in [0.25, 0.3) is 11.8 Å². The highest BCUT2D eigenvalue weighted by atomic mass is 19.1. The number of benzene rings is 3. The van der Waals surface area contributed by atoms with Gasteiger partial charge >= 0.3 is 0 Å². The molecule has 0 saturated carbocycles. The van der Waals surface area contributed by atoms with Crippen molar-refractivity contribution in [2.75, 3.05) is 13.1 Å². The van der Waals surface area contributed by atoms with Crippen molar-refractivity contribution in [1.29, 1.82) is 0 Å². The van der Waals surface area contributed by atoms with E-state index in [1.807, 2.05) is 23.1 Å². The Morgan fingerprint density at radius 3 is 2.09 bits per heavy atom. The summed E-state index contributed by atoms with van der Waals surface area (Å²) < 4.78 is 26.8. The third-order valence-electron chi connectivity index (χ3n) is 6.26. The van der Waals surface area contributed by atoms with Gasteiger partial charge in [0.2, 0.25) is 0 Å². The lowest BCUT2D eigenvalue weighted by Gasteiger charge is -2.31. The topological polar surface area (TPSA) is 40.6 Å². The molecule has 0 spiro atoms. The minimum Gasteiger partial charge on any atom is -0.362 e. The van der Waals surface area contributed by atoms with Crippen LogP contribution in [0.5, 0.6) is 0 Å². The van der Waals surface area contributed by atoms with Gasteiger partial charge in [-0.3, -0.25) is 14.5 Å². The Balaban J connectivity index is 1.48. The molecule has 33 heavy (non-hydrogen) atoms. The number of hydrogen-bond acceptors (Lipinski definition) is 3. The summed E-state index contributed by atoms with van der Waals surface area (Å²) in [6, 6.07) is 19.8. The predicted octanol–water partition coefficient (Wildman–Crippen LogP) is 4.35. The number of rotatable bonds is 5. The summed E-state index contributed by atoms with van der Waals surface area (Å²) in [5.41, 5.74) is 4.38. The van der Waals surface area contributed by atoms with Gasteiger partial charge in [0.1, 0.15) is 17.3 Å². The zero-order valence-corrected chi connectivity index (χ0v) is 17.9. The number of hydrogen-bond donors (Lipinski definition) is 0. The zero-order valence-electron chi connectivity index (χ0n) is 17.9. The van der Waals surface area contributed by atoms with Gasteiger partial charge in [-0.25, -0.2) is 8.78 Å². The average molecular weight is 444 g/mol. The highest BCUT2D eigenvalue weighted by Gasteiger charge is 2.41. The summed E-state index contributed by atoms with van der Waals surface area (Å²) in [7, 11) is 0. The maximum absolute atomic E-state index is 13.6. The van der Waals surface area contributed by atoms with Crippen LogP contribution in [0.4, 0.5) is 8.78 Å². The molecule has 3 aromatic carbocycles. The fraction of sp³-hybridized carbons (Fsp3) is 0.185. The Morgan fingerprint density at radius 2 is 1.39 bits per heavy atom. The molecule has 166 valence electrons. The van der Waals surface area contributed by atoms with E-state index in [0.29, 0.717) is 36.3 Å². The van der Waals surface area contributed by atoms with Gasteiger partial charge in [-0.2, -0.15) is 0 Å². The number of nitrogens with zero attached hydrogens (tertiary/aromatic N) is 2. The number of imide groups is 1. The van der Waals surface area contributed by atoms with Crippen LogP contribution in [0, 0.1) is 11.6 Å². The Hall–Kier alpha value is -3.80. The van der Waals surface area contributed by atoms with Crippen molar-refractivity contribution in [3.63, 3.8) is 0 Å². The highest BCUT2D eigenvalue weighted by Crippen LogP contribution is 2.34. The quantitative estimate of drug-likeness (QED) is 0.550. The monoisotopic (exact) mass is 444 g/mol. The van der Waals surface area contributed by atoms with E-state index in [0.717, 1.165) is 17.5 Å². The summed E-state index contributed by atoms with van der Waals surface area (Å²) in [6.07, 6.45) is 1.19. The Bertz CT molecular complexity index is 1250. The molecule has 0 atom stereocenters. The Kier molecular flexibility index (Phi) is 5.50. The molecule has 0 aliphatic carbocycles. The Labute approximate surface area is 190 Å². The molecular weight excluding hydrogens is 422 g/mol. The number of halogens is 2. The van der Waals surface area contributed by atoms with Crippen molar-refractivity contribution in [3.8, 4) is 0 Å². The fourth-order valence-corrected chi connectivity index (χ4v) is 4.52. The van der Waals surface area contributed by atoms with E-state index < -0.39 is 5.82 Å². The van der Waals surface area contributed by atoms with E-state index in [1.54, 1.807) is 12.1 Å². The molecule has 0 fully saturated rings. The maximum Gasteiger partial charge on any atom is 0.277 e. The molecule has 4 nitrogen and oxygen atoms in total. The molecular formula is C27H22F2N2O2. The minimum atomic E-state index is -0.405. The van der Waals surface area contributed by atoms with Crippen molar-refractivity contribution < 1.29 is 18.4 Å². The van der Waals surface area contributed by atoms with Crippen molar-refractivity contribution in [2.45, 2.75) is 19.4 Å². The molecule has 0 bridgehead atoms. The lowest BCUT2D eigenvalue weighted by Crippen LogP contribution is -2.38. The van der Waals surface area contributed by atoms with Crippen LogP contribution in [0.2, 0.25) is 0 Å². The van der Waals surface area contributed by atoms with Crippen molar-refractivity contribution >= 4 is 17.4 Å². The second-order valence-electron chi connectivity index (χ2n) is 8.31. The summed E-state index contributed by atoms with van der Waals surface area (Å²) in [5.74, 6) is -1.47.